The summed E-state index contributed by atoms with van der Waals surface area (Å²) in [7, 11) is 0. The summed E-state index contributed by atoms with van der Waals surface area (Å²) >= 11 is 0. The highest BCUT2D eigenvalue weighted by molar-refractivity contribution is 5.20. The first kappa shape index (κ1) is 8.75. The molecule has 2 heterocycles. The Morgan fingerprint density at radius 3 is 2.92 bits per heavy atom. The molecule has 0 aliphatic carbocycles. The summed E-state index contributed by atoms with van der Waals surface area (Å²) in [4.78, 5) is 0. The van der Waals surface area contributed by atoms with Crippen LogP contribution in [-0.4, -0.2) is 17.7 Å². The van der Waals surface area contributed by atoms with Gasteiger partial charge in [0.15, 0.2) is 0 Å². The van der Waals surface area contributed by atoms with Crippen molar-refractivity contribution in [2.75, 3.05) is 6.54 Å². The zero-order valence-corrected chi connectivity index (χ0v) is 8.26. The van der Waals surface area contributed by atoms with Gasteiger partial charge in [0.2, 0.25) is 0 Å². The maximum atomic E-state index is 5.27. The average molecular weight is 180 g/mol. The Kier molecular flexibility index (Phi) is 2.36. The smallest absolute Gasteiger partial charge is 0.141 e. The summed E-state index contributed by atoms with van der Waals surface area (Å²) < 4.78 is 5.27. The molecule has 1 fully saturated rings. The van der Waals surface area contributed by atoms with E-state index in [1.54, 1.807) is 0 Å². The van der Waals surface area contributed by atoms with Crippen LogP contribution in [0.1, 0.15) is 29.9 Å². The molecule has 1 atom stereocenters. The molecule has 3 heteroatoms. The van der Waals surface area contributed by atoms with Crippen molar-refractivity contribution in [2.45, 2.75) is 39.2 Å². The van der Waals surface area contributed by atoms with E-state index in [0.717, 1.165) is 24.4 Å². The number of hydrogen-bond donors (Lipinski definition) is 1. The lowest BCUT2D eigenvalue weighted by Gasteiger charge is -2.06. The number of aromatic nitrogens is 1. The van der Waals surface area contributed by atoms with Gasteiger partial charge in [0.1, 0.15) is 5.76 Å². The minimum Gasteiger partial charge on any atom is -0.361 e. The Morgan fingerprint density at radius 1 is 1.54 bits per heavy atom. The van der Waals surface area contributed by atoms with Crippen molar-refractivity contribution in [3.8, 4) is 0 Å². The summed E-state index contributed by atoms with van der Waals surface area (Å²) in [6.45, 7) is 5.22. The Morgan fingerprint density at radius 2 is 2.38 bits per heavy atom. The molecule has 1 N–H and O–H groups in total. The predicted molar refractivity (Wildman–Crippen MR) is 50.7 cm³/mol. The van der Waals surface area contributed by atoms with Crippen molar-refractivity contribution in [1.82, 2.24) is 10.5 Å². The molecule has 1 aromatic heterocycles. The van der Waals surface area contributed by atoms with E-state index in [9.17, 15) is 0 Å². The second-order valence-corrected chi connectivity index (χ2v) is 3.81. The molecule has 13 heavy (non-hydrogen) atoms. The van der Waals surface area contributed by atoms with Gasteiger partial charge in [0.25, 0.3) is 0 Å². The minimum atomic E-state index is 0.603. The highest BCUT2D eigenvalue weighted by atomic mass is 16.5. The molecule has 1 aliphatic heterocycles. The summed E-state index contributed by atoms with van der Waals surface area (Å²) in [5.41, 5.74) is 2.24. The molecule has 1 saturated heterocycles. The standard InChI is InChI=1S/C10H16N2O/c1-7-8(2)12-13-10(7)6-9-4-3-5-11-9/h9,11H,3-6H2,1-2H3. The van der Waals surface area contributed by atoms with Gasteiger partial charge in [-0.2, -0.15) is 0 Å². The second kappa shape index (κ2) is 3.50. The molecule has 3 nitrogen and oxygen atoms in total. The van der Waals surface area contributed by atoms with Gasteiger partial charge in [-0.05, 0) is 33.2 Å². The maximum Gasteiger partial charge on any atom is 0.141 e. The van der Waals surface area contributed by atoms with Crippen LogP contribution < -0.4 is 5.32 Å². The van der Waals surface area contributed by atoms with Crippen LogP contribution in [0.15, 0.2) is 4.52 Å². The van der Waals surface area contributed by atoms with Crippen molar-refractivity contribution >= 4 is 0 Å². The lowest BCUT2D eigenvalue weighted by molar-refractivity contribution is 0.365. The number of nitrogens with one attached hydrogen (secondary N) is 1. The molecule has 1 aromatic rings. The molecule has 0 bridgehead atoms. The first-order valence-electron chi connectivity index (χ1n) is 4.92. The third-order valence-electron chi connectivity index (χ3n) is 2.85. The maximum absolute atomic E-state index is 5.27. The number of nitrogens with zero attached hydrogens (tertiary/aromatic N) is 1. The van der Waals surface area contributed by atoms with Crippen LogP contribution in [0, 0.1) is 13.8 Å². The predicted octanol–water partition coefficient (Wildman–Crippen LogP) is 1.59. The number of rotatable bonds is 2. The fourth-order valence-electron chi connectivity index (χ4n) is 1.81. The van der Waals surface area contributed by atoms with E-state index < -0.39 is 0 Å². The van der Waals surface area contributed by atoms with Crippen LogP contribution in [0.5, 0.6) is 0 Å². The van der Waals surface area contributed by atoms with Crippen molar-refractivity contribution in [3.63, 3.8) is 0 Å². The molecular weight excluding hydrogens is 164 g/mol. The van der Waals surface area contributed by atoms with E-state index in [4.69, 9.17) is 4.52 Å². The molecule has 0 amide bonds. The quantitative estimate of drug-likeness (QED) is 0.751. The molecule has 72 valence electrons. The van der Waals surface area contributed by atoms with Crippen molar-refractivity contribution in [2.24, 2.45) is 0 Å². The zero-order chi connectivity index (χ0) is 9.26. The third-order valence-corrected chi connectivity index (χ3v) is 2.85. The summed E-state index contributed by atoms with van der Waals surface area (Å²) in [5.74, 6) is 1.05. The molecule has 0 aromatic carbocycles. The van der Waals surface area contributed by atoms with E-state index in [2.05, 4.69) is 17.4 Å². The normalized spacial score (nSPS) is 22.5. The van der Waals surface area contributed by atoms with Crippen LogP contribution in [0.3, 0.4) is 0 Å². The van der Waals surface area contributed by atoms with Crippen molar-refractivity contribution in [3.05, 3.63) is 17.0 Å². The largest absolute Gasteiger partial charge is 0.361 e. The monoisotopic (exact) mass is 180 g/mol. The molecule has 2 rings (SSSR count). The number of hydrogen-bond acceptors (Lipinski definition) is 3. The van der Waals surface area contributed by atoms with Crippen molar-refractivity contribution in [1.29, 1.82) is 0 Å². The Bertz CT molecular complexity index is 287. The van der Waals surface area contributed by atoms with E-state index in [0.29, 0.717) is 6.04 Å². The zero-order valence-electron chi connectivity index (χ0n) is 8.26. The van der Waals surface area contributed by atoms with Crippen LogP contribution in [0.2, 0.25) is 0 Å². The number of aryl methyl sites for hydroxylation is 1. The molecule has 1 aliphatic rings. The van der Waals surface area contributed by atoms with Crippen LogP contribution in [0.4, 0.5) is 0 Å². The summed E-state index contributed by atoms with van der Waals surface area (Å²) in [6, 6.07) is 0.603. The molecule has 0 saturated carbocycles. The van der Waals surface area contributed by atoms with Gasteiger partial charge in [0, 0.05) is 18.0 Å². The molecule has 0 spiro atoms. The van der Waals surface area contributed by atoms with Gasteiger partial charge in [0.05, 0.1) is 5.69 Å². The SMILES string of the molecule is Cc1noc(CC2CCCN2)c1C. The first-order chi connectivity index (χ1) is 6.27. The van der Waals surface area contributed by atoms with Gasteiger partial charge in [-0.1, -0.05) is 5.16 Å². The van der Waals surface area contributed by atoms with Crippen LogP contribution in [0.25, 0.3) is 0 Å². The summed E-state index contributed by atoms with van der Waals surface area (Å²) in [5, 5.41) is 7.41. The average Bonchev–Trinajstić information content (AvgIpc) is 2.71. The highest BCUT2D eigenvalue weighted by Gasteiger charge is 2.18. The Balaban J connectivity index is 2.04. The van der Waals surface area contributed by atoms with Gasteiger partial charge in [-0.3, -0.25) is 0 Å². The van der Waals surface area contributed by atoms with Gasteiger partial charge in [-0.15, -0.1) is 0 Å². The van der Waals surface area contributed by atoms with Crippen LogP contribution >= 0.6 is 0 Å². The molecular formula is C10H16N2O. The Labute approximate surface area is 78.5 Å². The van der Waals surface area contributed by atoms with E-state index in [1.165, 1.54) is 18.4 Å². The molecule has 1 unspecified atom stereocenters. The first-order valence-corrected chi connectivity index (χ1v) is 4.92. The van der Waals surface area contributed by atoms with Crippen molar-refractivity contribution < 1.29 is 4.52 Å². The fourth-order valence-corrected chi connectivity index (χ4v) is 1.81. The third kappa shape index (κ3) is 1.75. The lowest BCUT2D eigenvalue weighted by Crippen LogP contribution is -2.23. The van der Waals surface area contributed by atoms with Crippen LogP contribution in [-0.2, 0) is 6.42 Å². The second-order valence-electron chi connectivity index (χ2n) is 3.81. The van der Waals surface area contributed by atoms with E-state index in [-0.39, 0.29) is 0 Å². The summed E-state index contributed by atoms with van der Waals surface area (Å²) in [6.07, 6.45) is 3.54. The topological polar surface area (TPSA) is 38.1 Å². The van der Waals surface area contributed by atoms with E-state index in [1.807, 2.05) is 6.92 Å². The fraction of sp³-hybridized carbons (Fsp3) is 0.700. The minimum absolute atomic E-state index is 0.603. The van der Waals surface area contributed by atoms with Gasteiger partial charge < -0.3 is 9.84 Å². The van der Waals surface area contributed by atoms with Gasteiger partial charge in [-0.25, -0.2) is 0 Å². The highest BCUT2D eigenvalue weighted by Crippen LogP contribution is 2.17. The van der Waals surface area contributed by atoms with E-state index >= 15 is 0 Å². The Hall–Kier alpha value is -0.830. The van der Waals surface area contributed by atoms with Gasteiger partial charge >= 0.3 is 0 Å². The lowest BCUT2D eigenvalue weighted by atomic mass is 10.1. The molecule has 0 radical (unpaired) electrons.